The number of carboxylic acid groups (broad SMARTS) is 5. The molecule has 9 N–H and O–H groups in total. The summed E-state index contributed by atoms with van der Waals surface area (Å²) in [6.45, 7) is 1.25. The van der Waals surface area contributed by atoms with Crippen LogP contribution < -0.4 is 21.3 Å². The number of aliphatic carboxylic acids is 5. The molecular weight excluding hydrogens is 740 g/mol. The fraction of sp³-hybridized carbons (Fsp3) is 0.730. The van der Waals surface area contributed by atoms with E-state index in [0.29, 0.717) is 12.8 Å². The summed E-state index contributed by atoms with van der Waals surface area (Å²) < 4.78 is 0. The van der Waals surface area contributed by atoms with Crippen molar-refractivity contribution in [1.82, 2.24) is 21.3 Å². The van der Waals surface area contributed by atoms with E-state index < -0.39 is 110 Å². The zero-order valence-corrected chi connectivity index (χ0v) is 32.2. The summed E-state index contributed by atoms with van der Waals surface area (Å²) in [5, 5.41) is 55.3. The third-order valence-electron chi connectivity index (χ3n) is 8.84. The van der Waals surface area contributed by atoms with Crippen LogP contribution in [0.25, 0.3) is 0 Å². The topological polar surface area (TPSA) is 320 Å². The minimum Gasteiger partial charge on any atom is -0.481 e. The molecule has 19 heteroatoms. The van der Waals surface area contributed by atoms with Crippen LogP contribution in [0.1, 0.15) is 148 Å². The third-order valence-corrected chi connectivity index (χ3v) is 8.84. The fourth-order valence-corrected chi connectivity index (χ4v) is 5.60. The van der Waals surface area contributed by atoms with Crippen molar-refractivity contribution in [3.05, 3.63) is 0 Å². The minimum absolute atomic E-state index is 0.101. The normalized spacial score (nSPS) is 12.9. The van der Waals surface area contributed by atoms with Gasteiger partial charge >= 0.3 is 29.8 Å². The van der Waals surface area contributed by atoms with Gasteiger partial charge in [-0.25, -0.2) is 19.2 Å². The van der Waals surface area contributed by atoms with Gasteiger partial charge in [0.25, 0.3) is 0 Å². The molecule has 56 heavy (non-hydrogen) atoms. The maximum Gasteiger partial charge on any atom is 0.326 e. The number of unbranched alkanes of at least 4 members (excludes halogenated alkanes) is 11. The number of amides is 4. The molecular formula is C37H60N4O15. The van der Waals surface area contributed by atoms with Crippen molar-refractivity contribution in [1.29, 1.82) is 0 Å². The fourth-order valence-electron chi connectivity index (χ4n) is 5.60. The third kappa shape index (κ3) is 27.5. The summed E-state index contributed by atoms with van der Waals surface area (Å²) >= 11 is 0. The van der Waals surface area contributed by atoms with Crippen LogP contribution in [0.15, 0.2) is 0 Å². The molecule has 0 saturated carbocycles. The van der Waals surface area contributed by atoms with Gasteiger partial charge in [-0.15, -0.1) is 0 Å². The van der Waals surface area contributed by atoms with Gasteiger partial charge in [-0.2, -0.15) is 0 Å². The van der Waals surface area contributed by atoms with Crippen LogP contribution in [-0.4, -0.2) is 109 Å². The summed E-state index contributed by atoms with van der Waals surface area (Å²) in [4.78, 5) is 118. The molecule has 19 nitrogen and oxygen atoms in total. The van der Waals surface area contributed by atoms with E-state index in [9.17, 15) is 68.4 Å². The summed E-state index contributed by atoms with van der Waals surface area (Å²) in [5.74, 6) is -9.93. The monoisotopic (exact) mass is 800 g/mol. The Bertz CT molecular complexity index is 1320. The van der Waals surface area contributed by atoms with Gasteiger partial charge in [0.1, 0.15) is 30.0 Å². The van der Waals surface area contributed by atoms with Gasteiger partial charge in [-0.05, 0) is 45.4 Å². The van der Waals surface area contributed by atoms with Gasteiger partial charge < -0.3 is 51.6 Å². The Hall–Kier alpha value is -5.10. The number of Topliss-reactive ketones (excluding diaryl/α,β-unsaturated/α-hetero) is 1. The number of hydrogen-bond acceptors (Lipinski definition) is 10. The second-order valence-electron chi connectivity index (χ2n) is 13.8. The highest BCUT2D eigenvalue weighted by molar-refractivity contribution is 5.88. The predicted molar refractivity (Wildman–Crippen MR) is 198 cm³/mol. The standard InChI is InChI=1S/C37H60N4O15/c1-24(42)16-17-25(34(49)50)39-30(44)22-19-27(36(53)54)41-32(46)23-20-28(37(55)56)40-31(45)21-18-26(35(51)52)38-29(43)14-12-10-8-6-4-2-3-5-7-9-11-13-15-33(47)48/h25-28H,2-23H2,1H3,(H,38,43)(H,39,44)(H,40,45)(H,41,46)(H,47,48)(H,49,50)(H,51,52)(H,53,54)(H,55,56). The molecule has 4 unspecified atom stereocenters. The molecule has 318 valence electrons. The lowest BCUT2D eigenvalue weighted by Crippen LogP contribution is -2.45. The molecule has 0 aliphatic heterocycles. The maximum absolute atomic E-state index is 12.5. The Morgan fingerprint density at radius 3 is 0.821 bits per heavy atom. The van der Waals surface area contributed by atoms with E-state index in [1.165, 1.54) is 6.92 Å². The lowest BCUT2D eigenvalue weighted by atomic mass is 10.0. The number of nitrogens with one attached hydrogen (secondary N) is 4. The minimum atomic E-state index is -1.59. The SMILES string of the molecule is CC(=O)CCC(NC(=O)CCC(NC(=O)CCC(NC(=O)CCC(NC(=O)CCCCCCCCCCCCCCC(=O)O)C(=O)O)C(=O)O)C(=O)O)C(=O)O. The molecule has 0 radical (unpaired) electrons. The molecule has 0 aromatic carbocycles. The Kier molecular flexibility index (Phi) is 27.4. The Morgan fingerprint density at radius 1 is 0.339 bits per heavy atom. The van der Waals surface area contributed by atoms with E-state index in [1.54, 1.807) is 0 Å². The van der Waals surface area contributed by atoms with Crippen LogP contribution in [0.2, 0.25) is 0 Å². The second kappa shape index (κ2) is 30.2. The smallest absolute Gasteiger partial charge is 0.326 e. The first-order valence-corrected chi connectivity index (χ1v) is 19.2. The average Bonchev–Trinajstić information content (AvgIpc) is 3.11. The molecule has 0 fully saturated rings. The highest BCUT2D eigenvalue weighted by Crippen LogP contribution is 2.13. The zero-order valence-electron chi connectivity index (χ0n) is 32.2. The quantitative estimate of drug-likeness (QED) is 0.0416. The average molecular weight is 801 g/mol. The van der Waals surface area contributed by atoms with E-state index in [-0.39, 0.29) is 37.9 Å². The van der Waals surface area contributed by atoms with Gasteiger partial charge in [0, 0.05) is 38.5 Å². The molecule has 4 atom stereocenters. The van der Waals surface area contributed by atoms with Crippen LogP contribution in [0.4, 0.5) is 0 Å². The summed E-state index contributed by atoms with van der Waals surface area (Å²) in [6, 6.07) is -5.95. The largest absolute Gasteiger partial charge is 0.481 e. The maximum atomic E-state index is 12.5. The van der Waals surface area contributed by atoms with Crippen molar-refractivity contribution < 1.29 is 73.5 Å². The molecule has 0 saturated heterocycles. The lowest BCUT2D eigenvalue weighted by molar-refractivity contribution is -0.144. The van der Waals surface area contributed by atoms with E-state index in [1.807, 2.05) is 0 Å². The van der Waals surface area contributed by atoms with Crippen molar-refractivity contribution in [3.8, 4) is 0 Å². The number of carbonyl (C=O) groups is 10. The van der Waals surface area contributed by atoms with Crippen LogP contribution in [0, 0.1) is 0 Å². The first-order valence-electron chi connectivity index (χ1n) is 19.2. The Labute approximate surface area is 326 Å². The molecule has 0 spiro atoms. The van der Waals surface area contributed by atoms with Crippen molar-refractivity contribution in [3.63, 3.8) is 0 Å². The van der Waals surface area contributed by atoms with Crippen LogP contribution in [0.3, 0.4) is 0 Å². The van der Waals surface area contributed by atoms with Gasteiger partial charge in [-0.3, -0.25) is 24.0 Å². The van der Waals surface area contributed by atoms with Crippen LogP contribution >= 0.6 is 0 Å². The van der Waals surface area contributed by atoms with Gasteiger partial charge in [0.15, 0.2) is 0 Å². The zero-order chi connectivity index (χ0) is 42.5. The predicted octanol–water partition coefficient (Wildman–Crippen LogP) is 2.52. The number of hydrogen-bond donors (Lipinski definition) is 9. The second-order valence-corrected chi connectivity index (χ2v) is 13.8. The van der Waals surface area contributed by atoms with Crippen molar-refractivity contribution in [2.45, 2.75) is 172 Å². The molecule has 0 heterocycles. The molecule has 0 bridgehead atoms. The van der Waals surface area contributed by atoms with E-state index >= 15 is 0 Å². The number of ketones is 1. The first kappa shape index (κ1) is 50.9. The van der Waals surface area contributed by atoms with E-state index in [2.05, 4.69) is 21.3 Å². The molecule has 0 aromatic rings. The van der Waals surface area contributed by atoms with Crippen molar-refractivity contribution >= 4 is 59.3 Å². The van der Waals surface area contributed by atoms with Crippen LogP contribution in [0.5, 0.6) is 0 Å². The molecule has 0 aliphatic rings. The Balaban J connectivity index is 4.54. The first-order chi connectivity index (χ1) is 26.4. The lowest BCUT2D eigenvalue weighted by Gasteiger charge is -2.18. The van der Waals surface area contributed by atoms with E-state index in [4.69, 9.17) is 5.11 Å². The number of carboxylic acids is 5. The van der Waals surface area contributed by atoms with Crippen LogP contribution in [-0.2, 0) is 47.9 Å². The van der Waals surface area contributed by atoms with E-state index in [0.717, 1.165) is 64.2 Å². The van der Waals surface area contributed by atoms with Crippen molar-refractivity contribution in [2.24, 2.45) is 0 Å². The van der Waals surface area contributed by atoms with Gasteiger partial charge in [0.05, 0.1) is 0 Å². The molecule has 0 aliphatic carbocycles. The number of rotatable bonds is 35. The highest BCUT2D eigenvalue weighted by Gasteiger charge is 2.27. The highest BCUT2D eigenvalue weighted by atomic mass is 16.4. The van der Waals surface area contributed by atoms with Gasteiger partial charge in [-0.1, -0.05) is 64.2 Å². The Morgan fingerprint density at radius 2 is 0.571 bits per heavy atom. The molecule has 4 amide bonds. The van der Waals surface area contributed by atoms with Gasteiger partial charge in [0.2, 0.25) is 23.6 Å². The summed E-state index contributed by atoms with van der Waals surface area (Å²) in [6.07, 6.45) is 8.81. The molecule has 0 rings (SSSR count). The summed E-state index contributed by atoms with van der Waals surface area (Å²) in [7, 11) is 0. The van der Waals surface area contributed by atoms with Crippen molar-refractivity contribution in [2.75, 3.05) is 0 Å². The number of carbonyl (C=O) groups excluding carboxylic acids is 5. The summed E-state index contributed by atoms with van der Waals surface area (Å²) in [5.41, 5.74) is 0. The molecule has 0 aromatic heterocycles.